The Bertz CT molecular complexity index is 1030. The van der Waals surface area contributed by atoms with Crippen LogP contribution in [0.15, 0.2) is 66.2 Å². The van der Waals surface area contributed by atoms with Crippen LogP contribution in [0.3, 0.4) is 0 Å². The zero-order valence-corrected chi connectivity index (χ0v) is 13.8. The number of fused-ring (bicyclic) bond motifs is 1. The van der Waals surface area contributed by atoms with Crippen LogP contribution in [-0.4, -0.2) is 11.0 Å². The summed E-state index contributed by atoms with van der Waals surface area (Å²) in [4.78, 5) is 12.5. The molecule has 0 heterocycles. The van der Waals surface area contributed by atoms with Crippen molar-refractivity contribution >= 4 is 40.0 Å². The molecule has 0 aliphatic heterocycles. The van der Waals surface area contributed by atoms with Crippen LogP contribution in [-0.2, 0) is 4.79 Å². The van der Waals surface area contributed by atoms with Crippen molar-refractivity contribution in [1.29, 1.82) is 5.26 Å². The van der Waals surface area contributed by atoms with Gasteiger partial charge in [0, 0.05) is 21.7 Å². The highest BCUT2D eigenvalue weighted by atomic mass is 35.5. The van der Waals surface area contributed by atoms with Gasteiger partial charge in [-0.1, -0.05) is 48.0 Å². The van der Waals surface area contributed by atoms with E-state index in [9.17, 15) is 15.2 Å². The number of aromatic hydroxyl groups is 1. The first kappa shape index (κ1) is 16.6. The zero-order chi connectivity index (χ0) is 17.8. The molecule has 0 aromatic heterocycles. The lowest BCUT2D eigenvalue weighted by molar-refractivity contribution is -0.112. The van der Waals surface area contributed by atoms with E-state index in [1.807, 2.05) is 42.5 Å². The van der Waals surface area contributed by atoms with Crippen molar-refractivity contribution < 1.29 is 9.90 Å². The van der Waals surface area contributed by atoms with E-state index in [-0.39, 0.29) is 11.3 Å². The number of nitrogens with one attached hydrogen (secondary N) is 1. The fourth-order valence-electron chi connectivity index (χ4n) is 2.47. The molecule has 25 heavy (non-hydrogen) atoms. The van der Waals surface area contributed by atoms with Crippen molar-refractivity contribution in [3.63, 3.8) is 0 Å². The third-order valence-electron chi connectivity index (χ3n) is 3.69. The van der Waals surface area contributed by atoms with Gasteiger partial charge >= 0.3 is 0 Å². The second-order valence-electron chi connectivity index (χ2n) is 5.35. The Morgan fingerprint density at radius 1 is 1.12 bits per heavy atom. The van der Waals surface area contributed by atoms with Gasteiger partial charge in [-0.25, -0.2) is 0 Å². The number of hydrogen-bond acceptors (Lipinski definition) is 3. The molecular weight excluding hydrogens is 336 g/mol. The molecule has 0 aliphatic rings. The van der Waals surface area contributed by atoms with E-state index in [0.29, 0.717) is 16.3 Å². The van der Waals surface area contributed by atoms with Crippen molar-refractivity contribution in [3.8, 4) is 11.8 Å². The number of carbonyl (C=O) groups excluding carboxylic acids is 1. The van der Waals surface area contributed by atoms with Crippen LogP contribution in [0.4, 0.5) is 5.69 Å². The minimum absolute atomic E-state index is 0.0601. The number of nitrogens with zero attached hydrogens (tertiary/aromatic N) is 1. The average Bonchev–Trinajstić information content (AvgIpc) is 2.62. The Labute approximate surface area is 149 Å². The number of amides is 1. The van der Waals surface area contributed by atoms with Crippen molar-refractivity contribution in [2.24, 2.45) is 0 Å². The van der Waals surface area contributed by atoms with Gasteiger partial charge in [-0.05, 0) is 35.7 Å². The molecular formula is C20H13ClN2O2. The van der Waals surface area contributed by atoms with Gasteiger partial charge in [0.1, 0.15) is 17.4 Å². The van der Waals surface area contributed by atoms with E-state index in [2.05, 4.69) is 5.32 Å². The second-order valence-corrected chi connectivity index (χ2v) is 5.79. The highest BCUT2D eigenvalue weighted by Gasteiger charge is 2.12. The van der Waals surface area contributed by atoms with Crippen LogP contribution in [0.5, 0.6) is 5.75 Å². The van der Waals surface area contributed by atoms with Gasteiger partial charge in [0.2, 0.25) is 0 Å². The summed E-state index contributed by atoms with van der Waals surface area (Å²) in [5.41, 5.74) is 0.780. The molecule has 0 saturated heterocycles. The predicted octanol–water partition coefficient (Wildman–Crippen LogP) is 4.74. The SMILES string of the molecule is N#CC(=Cc1cc(Cl)ccc1O)C(=O)Nc1cccc2ccccc12. The Balaban J connectivity index is 1.94. The molecule has 0 atom stereocenters. The van der Waals surface area contributed by atoms with Crippen LogP contribution in [0.25, 0.3) is 16.8 Å². The Morgan fingerprint density at radius 2 is 1.88 bits per heavy atom. The highest BCUT2D eigenvalue weighted by Crippen LogP contribution is 2.26. The summed E-state index contributed by atoms with van der Waals surface area (Å²) in [6.07, 6.45) is 1.31. The molecule has 0 fully saturated rings. The van der Waals surface area contributed by atoms with Crippen LogP contribution in [0.2, 0.25) is 5.02 Å². The fraction of sp³-hybridized carbons (Fsp3) is 0. The Morgan fingerprint density at radius 3 is 2.68 bits per heavy atom. The van der Waals surface area contributed by atoms with E-state index in [1.165, 1.54) is 24.3 Å². The van der Waals surface area contributed by atoms with Crippen LogP contribution < -0.4 is 5.32 Å². The lowest BCUT2D eigenvalue weighted by Gasteiger charge is -2.08. The van der Waals surface area contributed by atoms with E-state index in [4.69, 9.17) is 11.6 Å². The van der Waals surface area contributed by atoms with Crippen molar-refractivity contribution in [2.45, 2.75) is 0 Å². The molecule has 0 bridgehead atoms. The molecule has 2 N–H and O–H groups in total. The fourth-order valence-corrected chi connectivity index (χ4v) is 2.65. The highest BCUT2D eigenvalue weighted by molar-refractivity contribution is 6.30. The van der Waals surface area contributed by atoms with Crippen LogP contribution in [0, 0.1) is 11.3 Å². The van der Waals surface area contributed by atoms with Gasteiger partial charge in [-0.3, -0.25) is 4.79 Å². The average molecular weight is 349 g/mol. The molecule has 3 rings (SSSR count). The topological polar surface area (TPSA) is 73.1 Å². The van der Waals surface area contributed by atoms with Gasteiger partial charge in [0.25, 0.3) is 5.91 Å². The van der Waals surface area contributed by atoms with E-state index >= 15 is 0 Å². The van der Waals surface area contributed by atoms with Gasteiger partial charge in [-0.2, -0.15) is 5.26 Å². The molecule has 1 amide bonds. The van der Waals surface area contributed by atoms with Gasteiger partial charge in [0.05, 0.1) is 0 Å². The lowest BCUT2D eigenvalue weighted by atomic mass is 10.1. The molecule has 122 valence electrons. The summed E-state index contributed by atoms with van der Waals surface area (Å²) in [6, 6.07) is 19.4. The molecule has 5 heteroatoms. The predicted molar refractivity (Wildman–Crippen MR) is 99.3 cm³/mol. The number of benzene rings is 3. The first-order valence-corrected chi connectivity index (χ1v) is 7.86. The minimum Gasteiger partial charge on any atom is -0.507 e. The number of phenolic OH excluding ortho intramolecular Hbond substituents is 1. The number of halogens is 1. The van der Waals surface area contributed by atoms with E-state index in [0.717, 1.165) is 10.8 Å². The molecule has 0 saturated carbocycles. The number of carbonyl (C=O) groups is 1. The summed E-state index contributed by atoms with van der Waals surface area (Å²) < 4.78 is 0. The zero-order valence-electron chi connectivity index (χ0n) is 13.0. The maximum atomic E-state index is 12.5. The third kappa shape index (κ3) is 3.63. The molecule has 4 nitrogen and oxygen atoms in total. The summed E-state index contributed by atoms with van der Waals surface area (Å²) in [7, 11) is 0. The largest absolute Gasteiger partial charge is 0.507 e. The Kier molecular flexibility index (Phi) is 4.69. The number of anilines is 1. The lowest BCUT2D eigenvalue weighted by Crippen LogP contribution is -2.13. The quantitative estimate of drug-likeness (QED) is 0.530. The molecule has 0 aliphatic carbocycles. The number of rotatable bonds is 3. The maximum Gasteiger partial charge on any atom is 0.266 e. The minimum atomic E-state index is -0.557. The summed E-state index contributed by atoms with van der Waals surface area (Å²) in [6.45, 7) is 0. The molecule has 0 radical (unpaired) electrons. The van der Waals surface area contributed by atoms with Crippen LogP contribution >= 0.6 is 11.6 Å². The third-order valence-corrected chi connectivity index (χ3v) is 3.93. The van der Waals surface area contributed by atoms with Crippen molar-refractivity contribution in [2.75, 3.05) is 5.32 Å². The molecule has 0 spiro atoms. The van der Waals surface area contributed by atoms with Gasteiger partial charge < -0.3 is 10.4 Å². The summed E-state index contributed by atoms with van der Waals surface area (Å²) in [5.74, 6) is -0.617. The molecule has 3 aromatic carbocycles. The number of nitriles is 1. The summed E-state index contributed by atoms with van der Waals surface area (Å²) in [5, 5.41) is 24.2. The first-order chi connectivity index (χ1) is 12.1. The normalized spacial score (nSPS) is 11.1. The molecule has 0 unspecified atom stereocenters. The van der Waals surface area contributed by atoms with Crippen molar-refractivity contribution in [1.82, 2.24) is 0 Å². The number of hydrogen-bond donors (Lipinski definition) is 2. The standard InChI is InChI=1S/C20H13ClN2O2/c21-16-8-9-19(24)14(11-16)10-15(12-22)20(25)23-18-7-3-5-13-4-1-2-6-17(13)18/h1-11,24H,(H,23,25). The summed E-state index contributed by atoms with van der Waals surface area (Å²) >= 11 is 5.89. The Hall–Kier alpha value is -3.29. The molecule has 3 aromatic rings. The first-order valence-electron chi connectivity index (χ1n) is 7.48. The van der Waals surface area contributed by atoms with E-state index < -0.39 is 5.91 Å². The monoisotopic (exact) mass is 348 g/mol. The number of phenols is 1. The van der Waals surface area contributed by atoms with Gasteiger partial charge in [-0.15, -0.1) is 0 Å². The van der Waals surface area contributed by atoms with Crippen LogP contribution in [0.1, 0.15) is 5.56 Å². The smallest absolute Gasteiger partial charge is 0.266 e. The second kappa shape index (κ2) is 7.08. The maximum absolute atomic E-state index is 12.5. The van der Waals surface area contributed by atoms with E-state index in [1.54, 1.807) is 6.07 Å². The van der Waals surface area contributed by atoms with Crippen molar-refractivity contribution in [3.05, 3.63) is 76.8 Å². The van der Waals surface area contributed by atoms with Gasteiger partial charge in [0.15, 0.2) is 0 Å².